The van der Waals surface area contributed by atoms with Gasteiger partial charge in [0, 0.05) is 12.6 Å². The van der Waals surface area contributed by atoms with Crippen molar-refractivity contribution >= 4 is 21.7 Å². The van der Waals surface area contributed by atoms with E-state index in [1.807, 2.05) is 13.8 Å². The van der Waals surface area contributed by atoms with Gasteiger partial charge in [-0.1, -0.05) is 6.08 Å². The number of carbonyl (C=O) groups is 1. The van der Waals surface area contributed by atoms with Crippen molar-refractivity contribution in [3.63, 3.8) is 0 Å². The minimum absolute atomic E-state index is 0.0277. The molecule has 4 nitrogen and oxygen atoms in total. The maximum atomic E-state index is 11.9. The Morgan fingerprint density at radius 3 is 3.00 bits per heavy atom. The lowest BCUT2D eigenvalue weighted by atomic mass is 10.2. The standard InChI is InChI=1S/C11H16BrN3O/c1-4-5-13-7-10(16)11-9(12)6-14-15(11)8(2)3/h4,6,8,13H,1,5,7H2,2-3H3. The van der Waals surface area contributed by atoms with Crippen LogP contribution in [0, 0.1) is 0 Å². The van der Waals surface area contributed by atoms with Crippen LogP contribution in [0.1, 0.15) is 30.4 Å². The topological polar surface area (TPSA) is 46.9 Å². The van der Waals surface area contributed by atoms with Gasteiger partial charge < -0.3 is 5.32 Å². The molecule has 0 aliphatic rings. The van der Waals surface area contributed by atoms with Gasteiger partial charge in [-0.2, -0.15) is 5.10 Å². The first-order chi connectivity index (χ1) is 7.57. The summed E-state index contributed by atoms with van der Waals surface area (Å²) in [6.45, 7) is 8.49. The molecule has 0 aromatic carbocycles. The van der Waals surface area contributed by atoms with E-state index in [1.165, 1.54) is 0 Å². The van der Waals surface area contributed by atoms with Crippen LogP contribution < -0.4 is 5.32 Å². The van der Waals surface area contributed by atoms with Crippen LogP contribution in [-0.2, 0) is 0 Å². The van der Waals surface area contributed by atoms with Gasteiger partial charge in [0.25, 0.3) is 0 Å². The van der Waals surface area contributed by atoms with E-state index in [2.05, 4.69) is 32.9 Å². The summed E-state index contributed by atoms with van der Waals surface area (Å²) in [5.41, 5.74) is 0.617. The Balaban J connectivity index is 2.81. The molecule has 0 saturated heterocycles. The summed E-state index contributed by atoms with van der Waals surface area (Å²) in [4.78, 5) is 11.9. The van der Waals surface area contributed by atoms with E-state index in [0.717, 1.165) is 4.47 Å². The Hall–Kier alpha value is -0.940. The summed E-state index contributed by atoms with van der Waals surface area (Å²) in [5.74, 6) is 0.0277. The van der Waals surface area contributed by atoms with Crippen LogP contribution in [0.25, 0.3) is 0 Å². The first-order valence-electron chi connectivity index (χ1n) is 5.15. The van der Waals surface area contributed by atoms with Crippen LogP contribution in [0.2, 0.25) is 0 Å². The second kappa shape index (κ2) is 5.96. The summed E-state index contributed by atoms with van der Waals surface area (Å²) in [7, 11) is 0. The van der Waals surface area contributed by atoms with Crippen molar-refractivity contribution in [3.05, 3.63) is 29.0 Å². The molecule has 0 atom stereocenters. The number of nitrogens with zero attached hydrogens (tertiary/aromatic N) is 2. The minimum Gasteiger partial charge on any atom is -0.306 e. The van der Waals surface area contributed by atoms with Gasteiger partial charge in [-0.3, -0.25) is 9.48 Å². The lowest BCUT2D eigenvalue weighted by Crippen LogP contribution is -2.25. The Bertz CT molecular complexity index is 385. The van der Waals surface area contributed by atoms with Crippen molar-refractivity contribution < 1.29 is 4.79 Å². The number of halogens is 1. The Labute approximate surface area is 104 Å². The fourth-order valence-electron chi connectivity index (χ4n) is 1.37. The Kier molecular flexibility index (Phi) is 4.89. The Morgan fingerprint density at radius 1 is 1.75 bits per heavy atom. The monoisotopic (exact) mass is 285 g/mol. The lowest BCUT2D eigenvalue weighted by molar-refractivity contribution is 0.0979. The summed E-state index contributed by atoms with van der Waals surface area (Å²) in [5, 5.41) is 7.15. The van der Waals surface area contributed by atoms with E-state index >= 15 is 0 Å². The maximum absolute atomic E-state index is 11.9. The number of ketones is 1. The number of carbonyl (C=O) groups excluding carboxylic acids is 1. The van der Waals surface area contributed by atoms with Gasteiger partial charge in [0.15, 0.2) is 5.78 Å². The molecule has 1 rings (SSSR count). The molecule has 0 aliphatic heterocycles. The Morgan fingerprint density at radius 2 is 2.44 bits per heavy atom. The molecule has 0 aliphatic carbocycles. The molecule has 1 heterocycles. The SMILES string of the molecule is C=CCNCC(=O)c1c(Br)cnn1C(C)C. The minimum atomic E-state index is 0.0277. The zero-order chi connectivity index (χ0) is 12.1. The summed E-state index contributed by atoms with van der Waals surface area (Å²) < 4.78 is 2.47. The van der Waals surface area contributed by atoms with Crippen LogP contribution in [0.3, 0.4) is 0 Å². The van der Waals surface area contributed by atoms with Gasteiger partial charge in [0.05, 0.1) is 17.2 Å². The third kappa shape index (κ3) is 3.02. The summed E-state index contributed by atoms with van der Waals surface area (Å²) in [6.07, 6.45) is 3.38. The van der Waals surface area contributed by atoms with Gasteiger partial charge >= 0.3 is 0 Å². The van der Waals surface area contributed by atoms with Crippen LogP contribution in [-0.4, -0.2) is 28.7 Å². The van der Waals surface area contributed by atoms with Crippen LogP contribution in [0.5, 0.6) is 0 Å². The van der Waals surface area contributed by atoms with E-state index < -0.39 is 0 Å². The predicted octanol–water partition coefficient (Wildman–Crippen LogP) is 2.18. The molecular formula is C11H16BrN3O. The maximum Gasteiger partial charge on any atom is 0.195 e. The predicted molar refractivity (Wildman–Crippen MR) is 67.7 cm³/mol. The lowest BCUT2D eigenvalue weighted by Gasteiger charge is -2.10. The highest BCUT2D eigenvalue weighted by Crippen LogP contribution is 2.19. The molecule has 16 heavy (non-hydrogen) atoms. The number of hydrogen-bond acceptors (Lipinski definition) is 3. The van der Waals surface area contributed by atoms with Crippen LogP contribution >= 0.6 is 15.9 Å². The molecule has 0 fully saturated rings. The average molecular weight is 286 g/mol. The van der Waals surface area contributed by atoms with Crippen LogP contribution in [0.15, 0.2) is 23.3 Å². The zero-order valence-corrected chi connectivity index (χ0v) is 11.1. The molecule has 0 spiro atoms. The smallest absolute Gasteiger partial charge is 0.195 e. The van der Waals surface area contributed by atoms with Gasteiger partial charge in [0.1, 0.15) is 5.69 Å². The molecule has 0 unspecified atom stereocenters. The molecule has 0 amide bonds. The number of rotatable bonds is 6. The molecule has 1 N–H and O–H groups in total. The van der Waals surface area contributed by atoms with E-state index in [9.17, 15) is 4.79 Å². The van der Waals surface area contributed by atoms with Gasteiger partial charge in [-0.05, 0) is 29.8 Å². The fourth-order valence-corrected chi connectivity index (χ4v) is 1.86. The third-order valence-corrected chi connectivity index (χ3v) is 2.66. The van der Waals surface area contributed by atoms with Gasteiger partial charge in [-0.25, -0.2) is 0 Å². The highest BCUT2D eigenvalue weighted by Gasteiger charge is 2.17. The van der Waals surface area contributed by atoms with Gasteiger partial charge in [-0.15, -0.1) is 6.58 Å². The largest absolute Gasteiger partial charge is 0.306 e. The number of aromatic nitrogens is 2. The highest BCUT2D eigenvalue weighted by molar-refractivity contribution is 9.10. The van der Waals surface area contributed by atoms with Crippen LogP contribution in [0.4, 0.5) is 0 Å². The highest BCUT2D eigenvalue weighted by atomic mass is 79.9. The molecule has 88 valence electrons. The normalized spacial score (nSPS) is 10.8. The fraction of sp³-hybridized carbons (Fsp3) is 0.455. The number of nitrogens with one attached hydrogen (secondary N) is 1. The third-order valence-electron chi connectivity index (χ3n) is 2.08. The van der Waals surface area contributed by atoms with E-state index in [-0.39, 0.29) is 11.8 Å². The van der Waals surface area contributed by atoms with E-state index in [0.29, 0.717) is 18.8 Å². The zero-order valence-electron chi connectivity index (χ0n) is 9.53. The van der Waals surface area contributed by atoms with E-state index in [4.69, 9.17) is 0 Å². The molecule has 0 radical (unpaired) electrons. The molecule has 5 heteroatoms. The van der Waals surface area contributed by atoms with Crippen molar-refractivity contribution in [3.8, 4) is 0 Å². The quantitative estimate of drug-likeness (QED) is 0.495. The van der Waals surface area contributed by atoms with Crippen molar-refractivity contribution in [2.75, 3.05) is 13.1 Å². The average Bonchev–Trinajstić information content (AvgIpc) is 2.60. The second-order valence-electron chi connectivity index (χ2n) is 3.72. The molecular weight excluding hydrogens is 270 g/mol. The molecule has 1 aromatic rings. The number of hydrogen-bond donors (Lipinski definition) is 1. The molecule has 0 saturated carbocycles. The molecule has 0 bridgehead atoms. The van der Waals surface area contributed by atoms with Crippen molar-refractivity contribution in [1.29, 1.82) is 0 Å². The first-order valence-corrected chi connectivity index (χ1v) is 5.95. The van der Waals surface area contributed by atoms with Crippen molar-refractivity contribution in [2.24, 2.45) is 0 Å². The number of Topliss-reactive ketones (excluding diaryl/α,β-unsaturated/α-hetero) is 1. The van der Waals surface area contributed by atoms with Crippen molar-refractivity contribution in [1.82, 2.24) is 15.1 Å². The first kappa shape index (κ1) is 13.1. The van der Waals surface area contributed by atoms with Crippen molar-refractivity contribution in [2.45, 2.75) is 19.9 Å². The van der Waals surface area contributed by atoms with E-state index in [1.54, 1.807) is 17.0 Å². The summed E-state index contributed by atoms with van der Waals surface area (Å²) in [6, 6.07) is 0.171. The second-order valence-corrected chi connectivity index (χ2v) is 4.58. The summed E-state index contributed by atoms with van der Waals surface area (Å²) >= 11 is 3.34. The molecule has 1 aromatic heterocycles. The van der Waals surface area contributed by atoms with Gasteiger partial charge in [0.2, 0.25) is 0 Å².